The number of hydrogen-bond acceptors (Lipinski definition) is 4. The highest BCUT2D eigenvalue weighted by atomic mass is 14.8. The number of fused-ring (bicyclic) bond motifs is 5. The van der Waals surface area contributed by atoms with E-state index in [1.807, 2.05) is 36.4 Å². The molecule has 3 aromatic heterocycles. The van der Waals surface area contributed by atoms with Gasteiger partial charge in [0, 0.05) is 33.0 Å². The predicted molar refractivity (Wildman–Crippen MR) is 215 cm³/mol. The zero-order valence-corrected chi connectivity index (χ0v) is 28.1. The van der Waals surface area contributed by atoms with Gasteiger partial charge in [-0.1, -0.05) is 146 Å². The summed E-state index contributed by atoms with van der Waals surface area (Å²) in [6.45, 7) is 0. The fraction of sp³-hybridized carbons (Fsp3) is 0. The van der Waals surface area contributed by atoms with E-state index in [0.717, 1.165) is 89.0 Å². The average Bonchev–Trinajstić information content (AvgIpc) is 3.23. The number of pyridine rings is 2. The molecule has 52 heavy (non-hydrogen) atoms. The standard InChI is InChI=1S/C48H30N4/c1-3-11-32(12-4-1)45-46(33-13-5-2-6-14-33)52-44-30-38(24-27-43(44)51-45)37-16-9-17-39(29-37)41-25-22-34-19-20-35-23-26-42(50-48(35)47(34)49-41)40-21-18-31-10-7-8-15-36(31)28-40/h1-30H. The highest BCUT2D eigenvalue weighted by Crippen LogP contribution is 2.34. The first kappa shape index (κ1) is 29.8. The molecule has 242 valence electrons. The molecule has 7 aromatic carbocycles. The first-order valence-electron chi connectivity index (χ1n) is 17.5. The molecule has 0 N–H and O–H groups in total. The molecule has 0 aliphatic rings. The monoisotopic (exact) mass is 662 g/mol. The Hall–Kier alpha value is -7.04. The van der Waals surface area contributed by atoms with E-state index >= 15 is 0 Å². The van der Waals surface area contributed by atoms with Gasteiger partial charge in [-0.3, -0.25) is 0 Å². The lowest BCUT2D eigenvalue weighted by Gasteiger charge is -2.12. The molecule has 0 spiro atoms. The summed E-state index contributed by atoms with van der Waals surface area (Å²) in [6.07, 6.45) is 0. The van der Waals surface area contributed by atoms with Crippen molar-refractivity contribution in [2.45, 2.75) is 0 Å². The van der Waals surface area contributed by atoms with E-state index in [4.69, 9.17) is 19.9 Å². The van der Waals surface area contributed by atoms with E-state index in [2.05, 4.69) is 146 Å². The quantitative estimate of drug-likeness (QED) is 0.172. The molecule has 0 atom stereocenters. The Morgan fingerprint density at radius 1 is 0.250 bits per heavy atom. The van der Waals surface area contributed by atoms with Gasteiger partial charge in [-0.05, 0) is 58.3 Å². The molecule has 0 radical (unpaired) electrons. The first-order chi connectivity index (χ1) is 25.7. The summed E-state index contributed by atoms with van der Waals surface area (Å²) in [5.74, 6) is 0. The molecule has 0 saturated carbocycles. The maximum atomic E-state index is 5.24. The minimum atomic E-state index is 0.852. The van der Waals surface area contributed by atoms with Crippen LogP contribution in [0.15, 0.2) is 182 Å². The molecular formula is C48H30N4. The summed E-state index contributed by atoms with van der Waals surface area (Å²) >= 11 is 0. The van der Waals surface area contributed by atoms with Gasteiger partial charge in [0.15, 0.2) is 0 Å². The van der Waals surface area contributed by atoms with Crippen LogP contribution in [0.4, 0.5) is 0 Å². The Kier molecular flexibility index (Phi) is 7.10. The largest absolute Gasteiger partial charge is 0.245 e. The van der Waals surface area contributed by atoms with Crippen molar-refractivity contribution in [2.24, 2.45) is 0 Å². The third-order valence-electron chi connectivity index (χ3n) is 9.82. The van der Waals surface area contributed by atoms with Gasteiger partial charge in [-0.15, -0.1) is 0 Å². The van der Waals surface area contributed by atoms with E-state index in [1.165, 1.54) is 10.8 Å². The van der Waals surface area contributed by atoms with Crippen molar-refractivity contribution in [3.05, 3.63) is 182 Å². The highest BCUT2D eigenvalue weighted by molar-refractivity contribution is 6.04. The molecule has 0 bridgehead atoms. The van der Waals surface area contributed by atoms with Gasteiger partial charge in [-0.2, -0.15) is 0 Å². The molecular weight excluding hydrogens is 633 g/mol. The van der Waals surface area contributed by atoms with E-state index in [1.54, 1.807) is 0 Å². The van der Waals surface area contributed by atoms with Crippen molar-refractivity contribution in [3.63, 3.8) is 0 Å². The number of aromatic nitrogens is 4. The van der Waals surface area contributed by atoms with Crippen LogP contribution in [-0.4, -0.2) is 19.9 Å². The van der Waals surface area contributed by atoms with Crippen molar-refractivity contribution in [3.8, 4) is 56.2 Å². The van der Waals surface area contributed by atoms with Crippen molar-refractivity contribution in [2.75, 3.05) is 0 Å². The zero-order chi connectivity index (χ0) is 34.4. The van der Waals surface area contributed by atoms with Crippen molar-refractivity contribution in [1.29, 1.82) is 0 Å². The van der Waals surface area contributed by atoms with Gasteiger partial charge in [0.05, 0.1) is 44.8 Å². The Labute approximate surface area is 300 Å². The molecule has 10 rings (SSSR count). The molecule has 3 heterocycles. The van der Waals surface area contributed by atoms with Crippen LogP contribution in [-0.2, 0) is 0 Å². The second-order valence-corrected chi connectivity index (χ2v) is 13.1. The summed E-state index contributed by atoms with van der Waals surface area (Å²) < 4.78 is 0. The van der Waals surface area contributed by atoms with Crippen LogP contribution in [0.5, 0.6) is 0 Å². The molecule has 0 aliphatic carbocycles. The van der Waals surface area contributed by atoms with E-state index in [9.17, 15) is 0 Å². The van der Waals surface area contributed by atoms with Crippen LogP contribution in [0.3, 0.4) is 0 Å². The van der Waals surface area contributed by atoms with Crippen LogP contribution in [0.25, 0.3) is 99.8 Å². The van der Waals surface area contributed by atoms with Gasteiger partial charge in [-0.25, -0.2) is 19.9 Å². The van der Waals surface area contributed by atoms with Crippen LogP contribution in [0, 0.1) is 0 Å². The third-order valence-corrected chi connectivity index (χ3v) is 9.82. The van der Waals surface area contributed by atoms with E-state index < -0.39 is 0 Å². The number of benzene rings is 7. The summed E-state index contributed by atoms with van der Waals surface area (Å²) in [5.41, 5.74) is 13.5. The molecule has 4 heteroatoms. The van der Waals surface area contributed by atoms with Gasteiger partial charge >= 0.3 is 0 Å². The van der Waals surface area contributed by atoms with Gasteiger partial charge in [0.1, 0.15) is 0 Å². The van der Waals surface area contributed by atoms with Crippen LogP contribution < -0.4 is 0 Å². The number of rotatable bonds is 5. The van der Waals surface area contributed by atoms with Crippen LogP contribution in [0.2, 0.25) is 0 Å². The minimum absolute atomic E-state index is 0.852. The Morgan fingerprint density at radius 2 is 0.731 bits per heavy atom. The fourth-order valence-corrected chi connectivity index (χ4v) is 7.12. The molecule has 0 fully saturated rings. The lowest BCUT2D eigenvalue weighted by molar-refractivity contribution is 1.29. The lowest BCUT2D eigenvalue weighted by atomic mass is 9.99. The van der Waals surface area contributed by atoms with Crippen LogP contribution >= 0.6 is 0 Å². The average molecular weight is 663 g/mol. The summed E-state index contributed by atoms with van der Waals surface area (Å²) in [7, 11) is 0. The summed E-state index contributed by atoms with van der Waals surface area (Å²) in [6, 6.07) is 63.2. The molecule has 4 nitrogen and oxygen atoms in total. The van der Waals surface area contributed by atoms with Gasteiger partial charge in [0.2, 0.25) is 0 Å². The lowest BCUT2D eigenvalue weighted by Crippen LogP contribution is -1.96. The summed E-state index contributed by atoms with van der Waals surface area (Å²) in [5, 5.41) is 4.55. The first-order valence-corrected chi connectivity index (χ1v) is 17.5. The SMILES string of the molecule is c1ccc(-c2nc3ccc(-c4cccc(-c5ccc6ccc7ccc(-c8ccc9ccccc9c8)nc7c6n5)c4)cc3nc2-c2ccccc2)cc1. The highest BCUT2D eigenvalue weighted by Gasteiger charge is 2.15. The Morgan fingerprint density at radius 3 is 1.40 bits per heavy atom. The molecule has 0 aliphatic heterocycles. The predicted octanol–water partition coefficient (Wildman–Crippen LogP) is 12.2. The minimum Gasteiger partial charge on any atom is -0.245 e. The van der Waals surface area contributed by atoms with Crippen molar-refractivity contribution < 1.29 is 0 Å². The normalized spacial score (nSPS) is 11.5. The second kappa shape index (κ2) is 12.4. The van der Waals surface area contributed by atoms with Crippen LogP contribution in [0.1, 0.15) is 0 Å². The molecule has 10 aromatic rings. The van der Waals surface area contributed by atoms with Gasteiger partial charge < -0.3 is 0 Å². The molecule has 0 amide bonds. The Balaban J connectivity index is 1.05. The smallest absolute Gasteiger partial charge is 0.0973 e. The molecule has 0 saturated heterocycles. The molecule has 0 unspecified atom stereocenters. The Bertz CT molecular complexity index is 2960. The number of nitrogens with zero attached hydrogens (tertiary/aromatic N) is 4. The third kappa shape index (κ3) is 5.34. The maximum Gasteiger partial charge on any atom is 0.0973 e. The maximum absolute atomic E-state index is 5.24. The van der Waals surface area contributed by atoms with Gasteiger partial charge in [0.25, 0.3) is 0 Å². The zero-order valence-electron chi connectivity index (χ0n) is 28.1. The number of hydrogen-bond donors (Lipinski definition) is 0. The van der Waals surface area contributed by atoms with E-state index in [0.29, 0.717) is 0 Å². The van der Waals surface area contributed by atoms with E-state index in [-0.39, 0.29) is 0 Å². The topological polar surface area (TPSA) is 51.6 Å². The van der Waals surface area contributed by atoms with Crippen molar-refractivity contribution in [1.82, 2.24) is 19.9 Å². The summed E-state index contributed by atoms with van der Waals surface area (Å²) in [4.78, 5) is 20.8. The van der Waals surface area contributed by atoms with Crippen molar-refractivity contribution >= 4 is 43.6 Å². The fourth-order valence-electron chi connectivity index (χ4n) is 7.12. The second-order valence-electron chi connectivity index (χ2n) is 13.1.